The minimum atomic E-state index is -0.411. The Kier molecular flexibility index (Phi) is 6.75. The summed E-state index contributed by atoms with van der Waals surface area (Å²) in [5, 5.41) is 10.3. The molecule has 3 rings (SSSR count). The number of aryl methyl sites for hydroxylation is 2. The molecule has 1 N–H and O–H groups in total. The summed E-state index contributed by atoms with van der Waals surface area (Å²) in [5.41, 5.74) is 2.88. The van der Waals surface area contributed by atoms with Gasteiger partial charge in [0.25, 0.3) is 0 Å². The van der Waals surface area contributed by atoms with Gasteiger partial charge in [0.1, 0.15) is 18.5 Å². The highest BCUT2D eigenvalue weighted by molar-refractivity contribution is 5.38. The van der Waals surface area contributed by atoms with E-state index in [1.807, 2.05) is 6.07 Å². The van der Waals surface area contributed by atoms with E-state index < -0.39 is 6.10 Å². The molecule has 130 valence electrons. The first-order valence-electron chi connectivity index (χ1n) is 8.75. The van der Waals surface area contributed by atoms with Crippen LogP contribution in [0.2, 0.25) is 0 Å². The Hall–Kier alpha value is -0.770. The predicted molar refractivity (Wildman–Crippen MR) is 89.4 cm³/mol. The van der Waals surface area contributed by atoms with E-state index in [2.05, 4.69) is 30.9 Å². The summed E-state index contributed by atoms with van der Waals surface area (Å²) in [6.07, 6.45) is 4.51. The number of piperidine rings is 1. The number of rotatable bonds is 5. The summed E-state index contributed by atoms with van der Waals surface area (Å²) in [4.78, 5) is 2.38. The van der Waals surface area contributed by atoms with Crippen molar-refractivity contribution < 1.29 is 22.3 Å². The monoisotopic (exact) mass is 338 g/mol. The molecule has 3 nitrogen and oxygen atoms in total. The largest absolute Gasteiger partial charge is 1.00 e. The molecule has 1 heterocycles. The number of aliphatic hydroxyl groups is 1. The number of aliphatic hydroxyl groups excluding tert-OH is 1. The van der Waals surface area contributed by atoms with Crippen LogP contribution in [-0.2, 0) is 12.8 Å². The van der Waals surface area contributed by atoms with Crippen molar-refractivity contribution >= 4 is 0 Å². The van der Waals surface area contributed by atoms with Gasteiger partial charge >= 0.3 is 0 Å². The number of benzene rings is 1. The molecule has 0 aromatic heterocycles. The Labute approximate surface area is 146 Å². The molecule has 1 aromatic carbocycles. The SMILES string of the molecule is CC1CC(C)CN(CC(O)COc2ccc3c(c2)CCC3)C1.[Cl-]. The van der Waals surface area contributed by atoms with Crippen molar-refractivity contribution in [2.75, 3.05) is 26.2 Å². The molecule has 3 atom stereocenters. The third-order valence-corrected chi connectivity index (χ3v) is 4.93. The minimum absolute atomic E-state index is 0. The number of nitrogens with zero attached hydrogens (tertiary/aromatic N) is 1. The molecule has 0 bridgehead atoms. The van der Waals surface area contributed by atoms with Crippen LogP contribution in [0.5, 0.6) is 5.75 Å². The minimum Gasteiger partial charge on any atom is -1.00 e. The molecular formula is C19H29ClNO2-. The van der Waals surface area contributed by atoms with Gasteiger partial charge in [-0.3, -0.25) is 0 Å². The molecule has 1 aliphatic carbocycles. The molecule has 1 fully saturated rings. The highest BCUT2D eigenvalue weighted by Gasteiger charge is 2.23. The lowest BCUT2D eigenvalue weighted by Gasteiger charge is -2.35. The number of halogens is 1. The number of fused-ring (bicyclic) bond motifs is 1. The lowest BCUT2D eigenvalue weighted by atomic mass is 9.92. The summed E-state index contributed by atoms with van der Waals surface area (Å²) in [6, 6.07) is 6.38. The van der Waals surface area contributed by atoms with E-state index in [9.17, 15) is 5.11 Å². The standard InChI is InChI=1S/C19H29NO2.ClH/c1-14-8-15(2)11-20(10-14)12-18(21)13-22-19-7-6-16-4-3-5-17(16)9-19;/h6-7,9,14-15,18,21H,3-5,8,10-13H2,1-2H3;1H/p-1. The molecule has 0 radical (unpaired) electrons. The maximum atomic E-state index is 10.3. The fraction of sp³-hybridized carbons (Fsp3) is 0.684. The zero-order valence-corrected chi connectivity index (χ0v) is 15.1. The van der Waals surface area contributed by atoms with Gasteiger partial charge in [-0.05, 0) is 60.8 Å². The van der Waals surface area contributed by atoms with Gasteiger partial charge in [-0.2, -0.15) is 0 Å². The Morgan fingerprint density at radius 3 is 2.61 bits per heavy atom. The van der Waals surface area contributed by atoms with Crippen molar-refractivity contribution in [2.24, 2.45) is 11.8 Å². The topological polar surface area (TPSA) is 32.7 Å². The molecule has 0 saturated carbocycles. The van der Waals surface area contributed by atoms with E-state index in [1.165, 1.54) is 36.8 Å². The third kappa shape index (κ3) is 5.10. The maximum Gasteiger partial charge on any atom is 0.119 e. The zero-order chi connectivity index (χ0) is 15.5. The fourth-order valence-electron chi connectivity index (χ4n) is 4.12. The molecule has 1 aromatic rings. The average molecular weight is 339 g/mol. The Bertz CT molecular complexity index is 498. The molecule has 4 heteroatoms. The van der Waals surface area contributed by atoms with E-state index in [0.29, 0.717) is 6.61 Å². The second-order valence-corrected chi connectivity index (χ2v) is 7.41. The van der Waals surface area contributed by atoms with Gasteiger partial charge in [0, 0.05) is 19.6 Å². The van der Waals surface area contributed by atoms with Crippen LogP contribution in [0.15, 0.2) is 18.2 Å². The quantitative estimate of drug-likeness (QED) is 0.813. The van der Waals surface area contributed by atoms with Crippen molar-refractivity contribution in [3.8, 4) is 5.75 Å². The maximum absolute atomic E-state index is 10.3. The second kappa shape index (κ2) is 8.36. The van der Waals surface area contributed by atoms with Gasteiger partial charge in [-0.25, -0.2) is 0 Å². The molecule has 1 aliphatic heterocycles. The van der Waals surface area contributed by atoms with Crippen LogP contribution in [0.25, 0.3) is 0 Å². The number of likely N-dealkylation sites (tertiary alicyclic amines) is 1. The van der Waals surface area contributed by atoms with Crippen molar-refractivity contribution in [3.63, 3.8) is 0 Å². The highest BCUT2D eigenvalue weighted by Crippen LogP contribution is 2.26. The Balaban J connectivity index is 0.00000192. The lowest BCUT2D eigenvalue weighted by Crippen LogP contribution is -3.00. The number of β-amino-alcohol motifs (C(OH)–C–C–N with tert-alkyl or cyclic N) is 1. The molecule has 0 spiro atoms. The molecular weight excluding hydrogens is 310 g/mol. The van der Waals surface area contributed by atoms with Crippen molar-refractivity contribution in [2.45, 2.75) is 45.6 Å². The first-order valence-corrected chi connectivity index (χ1v) is 8.75. The first kappa shape index (κ1) is 18.6. The lowest BCUT2D eigenvalue weighted by molar-refractivity contribution is -0.00000874. The molecule has 0 amide bonds. The summed E-state index contributed by atoms with van der Waals surface area (Å²) < 4.78 is 5.81. The van der Waals surface area contributed by atoms with Crippen LogP contribution in [0.4, 0.5) is 0 Å². The Morgan fingerprint density at radius 2 is 1.87 bits per heavy atom. The summed E-state index contributed by atoms with van der Waals surface area (Å²) in [6.45, 7) is 7.91. The molecule has 2 aliphatic rings. The van der Waals surface area contributed by atoms with Gasteiger partial charge < -0.3 is 27.2 Å². The van der Waals surface area contributed by atoms with Crippen LogP contribution in [-0.4, -0.2) is 42.4 Å². The predicted octanol–water partition coefficient (Wildman–Crippen LogP) is -0.103. The number of ether oxygens (including phenoxy) is 1. The van der Waals surface area contributed by atoms with Crippen LogP contribution >= 0.6 is 0 Å². The molecule has 1 saturated heterocycles. The third-order valence-electron chi connectivity index (χ3n) is 4.93. The van der Waals surface area contributed by atoms with Crippen LogP contribution in [0.1, 0.15) is 37.8 Å². The van der Waals surface area contributed by atoms with Gasteiger partial charge in [-0.15, -0.1) is 0 Å². The molecule has 23 heavy (non-hydrogen) atoms. The van der Waals surface area contributed by atoms with Crippen LogP contribution in [0, 0.1) is 11.8 Å². The van der Waals surface area contributed by atoms with Crippen LogP contribution < -0.4 is 17.1 Å². The van der Waals surface area contributed by atoms with E-state index in [-0.39, 0.29) is 12.4 Å². The summed E-state index contributed by atoms with van der Waals surface area (Å²) in [7, 11) is 0. The highest BCUT2D eigenvalue weighted by atomic mass is 35.5. The average Bonchev–Trinajstić information content (AvgIpc) is 2.91. The zero-order valence-electron chi connectivity index (χ0n) is 14.3. The van der Waals surface area contributed by atoms with Crippen molar-refractivity contribution in [1.29, 1.82) is 0 Å². The normalized spacial score (nSPS) is 25.5. The second-order valence-electron chi connectivity index (χ2n) is 7.41. The summed E-state index contributed by atoms with van der Waals surface area (Å²) in [5.74, 6) is 2.36. The van der Waals surface area contributed by atoms with E-state index >= 15 is 0 Å². The molecule has 3 unspecified atom stereocenters. The van der Waals surface area contributed by atoms with Gasteiger partial charge in [-0.1, -0.05) is 19.9 Å². The van der Waals surface area contributed by atoms with Crippen molar-refractivity contribution in [1.82, 2.24) is 4.90 Å². The van der Waals surface area contributed by atoms with Gasteiger partial charge in [0.2, 0.25) is 0 Å². The van der Waals surface area contributed by atoms with E-state index in [4.69, 9.17) is 4.74 Å². The van der Waals surface area contributed by atoms with Gasteiger partial charge in [0.15, 0.2) is 0 Å². The number of hydrogen-bond acceptors (Lipinski definition) is 3. The van der Waals surface area contributed by atoms with Crippen molar-refractivity contribution in [3.05, 3.63) is 29.3 Å². The Morgan fingerprint density at radius 1 is 1.17 bits per heavy atom. The number of hydrogen-bond donors (Lipinski definition) is 1. The van der Waals surface area contributed by atoms with E-state index in [1.54, 1.807) is 0 Å². The van der Waals surface area contributed by atoms with Gasteiger partial charge in [0.05, 0.1) is 0 Å². The van der Waals surface area contributed by atoms with Crippen LogP contribution in [0.3, 0.4) is 0 Å². The summed E-state index contributed by atoms with van der Waals surface area (Å²) >= 11 is 0. The first-order chi connectivity index (χ1) is 10.6. The smallest absolute Gasteiger partial charge is 0.119 e. The fourth-order valence-corrected chi connectivity index (χ4v) is 4.12. The van der Waals surface area contributed by atoms with E-state index in [0.717, 1.165) is 37.2 Å².